The summed E-state index contributed by atoms with van der Waals surface area (Å²) in [4.78, 5) is 4.26. The number of hydrogen-bond acceptors (Lipinski definition) is 3. The molecular formula is C17H22N2O. The first-order valence-corrected chi connectivity index (χ1v) is 6.87. The molecule has 0 fully saturated rings. The van der Waals surface area contributed by atoms with Crippen molar-refractivity contribution in [3.05, 3.63) is 58.8 Å². The topological polar surface area (TPSA) is 34.1 Å². The standard InChI is InChI=1S/C17H22N2O/c1-12-5-7-15(13(2)9-12)16(18-3)10-14-6-8-17(20-4)19-11-14/h5-9,11,16,18H,10H2,1-4H3. The third kappa shape index (κ3) is 3.36. The summed E-state index contributed by atoms with van der Waals surface area (Å²) >= 11 is 0. The minimum absolute atomic E-state index is 0.297. The summed E-state index contributed by atoms with van der Waals surface area (Å²) < 4.78 is 5.09. The van der Waals surface area contributed by atoms with Gasteiger partial charge < -0.3 is 10.1 Å². The number of rotatable bonds is 5. The monoisotopic (exact) mass is 270 g/mol. The molecule has 0 bridgehead atoms. The second-order valence-corrected chi connectivity index (χ2v) is 5.11. The molecule has 1 aromatic carbocycles. The zero-order chi connectivity index (χ0) is 14.5. The highest BCUT2D eigenvalue weighted by atomic mass is 16.5. The van der Waals surface area contributed by atoms with E-state index in [0.717, 1.165) is 6.42 Å². The van der Waals surface area contributed by atoms with Crippen molar-refractivity contribution in [3.63, 3.8) is 0 Å². The van der Waals surface area contributed by atoms with Crippen molar-refractivity contribution in [1.29, 1.82) is 0 Å². The molecule has 1 atom stereocenters. The summed E-state index contributed by atoms with van der Waals surface area (Å²) in [6.07, 6.45) is 2.80. The van der Waals surface area contributed by atoms with E-state index in [1.807, 2.05) is 19.3 Å². The maximum Gasteiger partial charge on any atom is 0.212 e. The average molecular weight is 270 g/mol. The smallest absolute Gasteiger partial charge is 0.212 e. The number of aryl methyl sites for hydroxylation is 2. The summed E-state index contributed by atoms with van der Waals surface area (Å²) in [5, 5.41) is 3.40. The van der Waals surface area contributed by atoms with E-state index in [2.05, 4.69) is 48.4 Å². The molecule has 106 valence electrons. The van der Waals surface area contributed by atoms with Crippen molar-refractivity contribution in [2.75, 3.05) is 14.2 Å². The van der Waals surface area contributed by atoms with Crippen LogP contribution in [0.3, 0.4) is 0 Å². The third-order valence-electron chi connectivity index (χ3n) is 3.60. The van der Waals surface area contributed by atoms with Crippen LogP contribution in [-0.4, -0.2) is 19.1 Å². The van der Waals surface area contributed by atoms with Crippen LogP contribution in [0, 0.1) is 13.8 Å². The highest BCUT2D eigenvalue weighted by Crippen LogP contribution is 2.22. The van der Waals surface area contributed by atoms with Crippen LogP contribution in [0.2, 0.25) is 0 Å². The van der Waals surface area contributed by atoms with E-state index in [9.17, 15) is 0 Å². The quantitative estimate of drug-likeness (QED) is 0.906. The van der Waals surface area contributed by atoms with Gasteiger partial charge in [0.25, 0.3) is 0 Å². The Hall–Kier alpha value is -1.87. The van der Waals surface area contributed by atoms with Gasteiger partial charge in [-0.1, -0.05) is 29.8 Å². The van der Waals surface area contributed by atoms with Crippen molar-refractivity contribution in [2.24, 2.45) is 0 Å². The Kier molecular flexibility index (Phi) is 4.74. The first-order chi connectivity index (χ1) is 9.63. The lowest BCUT2D eigenvalue weighted by atomic mass is 9.95. The van der Waals surface area contributed by atoms with E-state index < -0.39 is 0 Å². The van der Waals surface area contributed by atoms with Crippen molar-refractivity contribution in [3.8, 4) is 5.88 Å². The van der Waals surface area contributed by atoms with Gasteiger partial charge >= 0.3 is 0 Å². The summed E-state index contributed by atoms with van der Waals surface area (Å²) in [5.41, 5.74) is 5.16. The van der Waals surface area contributed by atoms with Crippen LogP contribution in [0.1, 0.15) is 28.3 Å². The number of aromatic nitrogens is 1. The second kappa shape index (κ2) is 6.53. The predicted octanol–water partition coefficient (Wildman–Crippen LogP) is 3.21. The van der Waals surface area contributed by atoms with E-state index in [1.54, 1.807) is 7.11 Å². The Morgan fingerprint density at radius 1 is 1.20 bits per heavy atom. The van der Waals surface area contributed by atoms with Gasteiger partial charge in [-0.15, -0.1) is 0 Å². The van der Waals surface area contributed by atoms with Gasteiger partial charge in [0.05, 0.1) is 7.11 Å². The number of hydrogen-bond donors (Lipinski definition) is 1. The first kappa shape index (κ1) is 14.5. The van der Waals surface area contributed by atoms with E-state index in [0.29, 0.717) is 11.9 Å². The molecule has 0 radical (unpaired) electrons. The summed E-state index contributed by atoms with van der Waals surface area (Å²) in [6, 6.07) is 10.9. The molecule has 20 heavy (non-hydrogen) atoms. The number of ether oxygens (including phenoxy) is 1. The highest BCUT2D eigenvalue weighted by molar-refractivity contribution is 5.34. The van der Waals surface area contributed by atoms with E-state index in [4.69, 9.17) is 4.74 Å². The molecule has 0 aliphatic rings. The molecule has 0 spiro atoms. The Balaban J connectivity index is 2.19. The summed E-state index contributed by atoms with van der Waals surface area (Å²) in [6.45, 7) is 4.29. The Morgan fingerprint density at radius 3 is 2.55 bits per heavy atom. The fourth-order valence-electron chi connectivity index (χ4n) is 2.47. The number of likely N-dealkylation sites (N-methyl/N-ethyl adjacent to an activating group) is 1. The second-order valence-electron chi connectivity index (χ2n) is 5.11. The van der Waals surface area contributed by atoms with Gasteiger partial charge in [0, 0.05) is 18.3 Å². The van der Waals surface area contributed by atoms with E-state index in [-0.39, 0.29) is 0 Å². The minimum atomic E-state index is 0.297. The normalized spacial score (nSPS) is 12.2. The lowest BCUT2D eigenvalue weighted by molar-refractivity contribution is 0.397. The Labute approximate surface area is 121 Å². The highest BCUT2D eigenvalue weighted by Gasteiger charge is 2.13. The molecule has 1 aromatic heterocycles. The van der Waals surface area contributed by atoms with Gasteiger partial charge in [0.2, 0.25) is 5.88 Å². The third-order valence-corrected chi connectivity index (χ3v) is 3.60. The zero-order valence-electron chi connectivity index (χ0n) is 12.6. The molecule has 0 aliphatic heterocycles. The fraction of sp³-hybridized carbons (Fsp3) is 0.353. The van der Waals surface area contributed by atoms with Crippen LogP contribution in [0.15, 0.2) is 36.5 Å². The maximum atomic E-state index is 5.09. The molecule has 0 aliphatic carbocycles. The summed E-state index contributed by atoms with van der Waals surface area (Å²) in [7, 11) is 3.63. The molecule has 1 unspecified atom stereocenters. The van der Waals surface area contributed by atoms with Crippen LogP contribution in [0.4, 0.5) is 0 Å². The van der Waals surface area contributed by atoms with Gasteiger partial charge in [0.15, 0.2) is 0 Å². The largest absolute Gasteiger partial charge is 0.481 e. The van der Waals surface area contributed by atoms with Crippen LogP contribution in [-0.2, 0) is 6.42 Å². The lowest BCUT2D eigenvalue weighted by Crippen LogP contribution is -2.20. The van der Waals surface area contributed by atoms with Crippen LogP contribution in [0.5, 0.6) is 5.88 Å². The number of pyridine rings is 1. The maximum absolute atomic E-state index is 5.09. The van der Waals surface area contributed by atoms with Gasteiger partial charge in [0.1, 0.15) is 0 Å². The van der Waals surface area contributed by atoms with E-state index in [1.165, 1.54) is 22.3 Å². The number of nitrogens with zero attached hydrogens (tertiary/aromatic N) is 1. The van der Waals surface area contributed by atoms with Crippen molar-refractivity contribution >= 4 is 0 Å². The van der Waals surface area contributed by atoms with Gasteiger partial charge in [-0.05, 0) is 44.0 Å². The molecule has 2 rings (SSSR count). The molecule has 0 amide bonds. The summed E-state index contributed by atoms with van der Waals surface area (Å²) in [5.74, 6) is 0.654. The molecule has 1 N–H and O–H groups in total. The predicted molar refractivity (Wildman–Crippen MR) is 82.2 cm³/mol. The molecule has 1 heterocycles. The molecule has 2 aromatic rings. The van der Waals surface area contributed by atoms with Crippen molar-refractivity contribution in [2.45, 2.75) is 26.3 Å². The number of methoxy groups -OCH3 is 1. The molecule has 3 heteroatoms. The fourth-order valence-corrected chi connectivity index (χ4v) is 2.47. The van der Waals surface area contributed by atoms with Gasteiger partial charge in [-0.3, -0.25) is 0 Å². The average Bonchev–Trinajstić information content (AvgIpc) is 2.46. The van der Waals surface area contributed by atoms with Gasteiger partial charge in [-0.2, -0.15) is 0 Å². The Morgan fingerprint density at radius 2 is 2.00 bits per heavy atom. The SMILES string of the molecule is CNC(Cc1ccc(OC)nc1)c1ccc(C)cc1C. The molecular weight excluding hydrogens is 248 g/mol. The van der Waals surface area contributed by atoms with Crippen molar-refractivity contribution in [1.82, 2.24) is 10.3 Å². The zero-order valence-corrected chi connectivity index (χ0v) is 12.6. The Bertz CT molecular complexity index is 564. The number of nitrogens with one attached hydrogen (secondary N) is 1. The van der Waals surface area contributed by atoms with Gasteiger partial charge in [-0.25, -0.2) is 4.98 Å². The number of benzene rings is 1. The minimum Gasteiger partial charge on any atom is -0.481 e. The van der Waals surface area contributed by atoms with Crippen LogP contribution < -0.4 is 10.1 Å². The van der Waals surface area contributed by atoms with Crippen LogP contribution >= 0.6 is 0 Å². The van der Waals surface area contributed by atoms with Crippen LogP contribution in [0.25, 0.3) is 0 Å². The molecule has 0 saturated carbocycles. The van der Waals surface area contributed by atoms with E-state index >= 15 is 0 Å². The molecule has 3 nitrogen and oxygen atoms in total. The van der Waals surface area contributed by atoms with Crippen molar-refractivity contribution < 1.29 is 4.74 Å². The molecule has 0 saturated heterocycles. The lowest BCUT2D eigenvalue weighted by Gasteiger charge is -2.19. The first-order valence-electron chi connectivity index (χ1n) is 6.87.